The molecule has 0 radical (unpaired) electrons. The van der Waals surface area contributed by atoms with E-state index in [4.69, 9.17) is 0 Å². The van der Waals surface area contributed by atoms with Crippen molar-refractivity contribution in [3.63, 3.8) is 0 Å². The summed E-state index contributed by atoms with van der Waals surface area (Å²) in [6.45, 7) is 22.0. The number of thiophene rings is 1. The lowest BCUT2D eigenvalue weighted by Crippen LogP contribution is -2.33. The summed E-state index contributed by atoms with van der Waals surface area (Å²) in [6, 6.07) is 36.8. The van der Waals surface area contributed by atoms with Gasteiger partial charge in [-0.2, -0.15) is 0 Å². The van der Waals surface area contributed by atoms with Crippen molar-refractivity contribution in [3.8, 4) is 0 Å². The Morgan fingerprint density at radius 3 is 1.49 bits per heavy atom. The smallest absolute Gasteiger partial charge is 0.0107 e. The first kappa shape index (κ1) is 32.7. The molecule has 2 unspecified atom stereocenters. The molecule has 1 aromatic heterocycles. The summed E-state index contributed by atoms with van der Waals surface area (Å²) >= 11 is 2.04. The number of rotatable bonds is 7. The maximum absolute atomic E-state index is 2.63. The SMILES string of the molecule is Cc1cccc(C)c1P(c1c(C)cccc1C)c1c(C)sc(C)c1C1=C(P(c2ccccc2)c2ccccc2)C2CCC1(C)C2(C)C. The van der Waals surface area contributed by atoms with Crippen LogP contribution in [0.15, 0.2) is 102 Å². The predicted octanol–water partition coefficient (Wildman–Crippen LogP) is 10.7. The van der Waals surface area contributed by atoms with Gasteiger partial charge in [0.05, 0.1) is 0 Å². The van der Waals surface area contributed by atoms with E-state index >= 15 is 0 Å². The van der Waals surface area contributed by atoms with E-state index in [0.717, 1.165) is 0 Å². The molecule has 0 saturated heterocycles. The average molecular weight is 671 g/mol. The van der Waals surface area contributed by atoms with Crippen LogP contribution in [0.5, 0.6) is 0 Å². The first-order valence-electron chi connectivity index (χ1n) is 17.1. The molecule has 47 heavy (non-hydrogen) atoms. The molecule has 240 valence electrons. The lowest BCUT2D eigenvalue weighted by Gasteiger charge is -2.38. The first-order valence-corrected chi connectivity index (χ1v) is 20.6. The van der Waals surface area contributed by atoms with Crippen molar-refractivity contribution in [1.82, 2.24) is 0 Å². The number of hydrogen-bond acceptors (Lipinski definition) is 1. The molecule has 0 aliphatic heterocycles. The fourth-order valence-electron chi connectivity index (χ4n) is 9.02. The summed E-state index contributed by atoms with van der Waals surface area (Å²) in [5, 5.41) is 9.41. The van der Waals surface area contributed by atoms with Crippen LogP contribution in [0.3, 0.4) is 0 Å². The molecule has 2 bridgehead atoms. The molecule has 2 aliphatic carbocycles. The predicted molar refractivity (Wildman–Crippen MR) is 212 cm³/mol. The second-order valence-electron chi connectivity index (χ2n) is 14.7. The van der Waals surface area contributed by atoms with Crippen molar-refractivity contribution in [2.45, 2.75) is 75.2 Å². The van der Waals surface area contributed by atoms with Crippen LogP contribution in [0.25, 0.3) is 5.57 Å². The minimum Gasteiger partial charge on any atom is -0.145 e. The largest absolute Gasteiger partial charge is 0.145 e. The number of fused-ring (bicyclic) bond motifs is 2. The Morgan fingerprint density at radius 1 is 0.553 bits per heavy atom. The zero-order valence-electron chi connectivity index (χ0n) is 29.5. The van der Waals surface area contributed by atoms with Gasteiger partial charge in [0.2, 0.25) is 0 Å². The van der Waals surface area contributed by atoms with Crippen LogP contribution in [0.2, 0.25) is 0 Å². The van der Waals surface area contributed by atoms with Gasteiger partial charge in [-0.15, -0.1) is 11.3 Å². The molecule has 1 fully saturated rings. The van der Waals surface area contributed by atoms with E-state index in [2.05, 4.69) is 159 Å². The van der Waals surface area contributed by atoms with E-state index in [9.17, 15) is 0 Å². The van der Waals surface area contributed by atoms with Gasteiger partial charge in [0.1, 0.15) is 0 Å². The molecule has 4 aromatic carbocycles. The molecule has 2 atom stereocenters. The van der Waals surface area contributed by atoms with E-state index in [1.165, 1.54) is 55.5 Å². The van der Waals surface area contributed by atoms with Gasteiger partial charge in [-0.1, -0.05) is 118 Å². The molecular weight excluding hydrogens is 622 g/mol. The van der Waals surface area contributed by atoms with Crippen LogP contribution in [0, 0.1) is 58.3 Å². The molecular formula is C44H48P2S. The molecule has 1 heterocycles. The summed E-state index contributed by atoms with van der Waals surface area (Å²) in [7, 11) is -1.49. The summed E-state index contributed by atoms with van der Waals surface area (Å²) in [4.78, 5) is 2.99. The van der Waals surface area contributed by atoms with Gasteiger partial charge in [-0.05, 0) is 141 Å². The van der Waals surface area contributed by atoms with Crippen molar-refractivity contribution in [2.24, 2.45) is 16.7 Å². The Labute approximate surface area is 289 Å². The maximum Gasteiger partial charge on any atom is 0.0107 e. The molecule has 1 saturated carbocycles. The molecule has 7 rings (SSSR count). The molecule has 2 aliphatic rings. The van der Waals surface area contributed by atoms with Gasteiger partial charge in [0.15, 0.2) is 0 Å². The fraction of sp³-hybridized carbons (Fsp3) is 0.318. The van der Waals surface area contributed by atoms with Crippen molar-refractivity contribution >= 4 is 59.3 Å². The third kappa shape index (κ3) is 5.07. The summed E-state index contributed by atoms with van der Waals surface area (Å²) in [5.74, 6) is 0.563. The highest BCUT2D eigenvalue weighted by Crippen LogP contribution is 2.76. The van der Waals surface area contributed by atoms with E-state index in [1.54, 1.807) is 32.4 Å². The Bertz CT molecular complexity index is 1870. The van der Waals surface area contributed by atoms with Crippen LogP contribution in [-0.2, 0) is 0 Å². The van der Waals surface area contributed by atoms with Crippen LogP contribution in [0.4, 0.5) is 0 Å². The van der Waals surface area contributed by atoms with Crippen molar-refractivity contribution in [2.75, 3.05) is 0 Å². The van der Waals surface area contributed by atoms with E-state index in [-0.39, 0.29) is 10.8 Å². The summed E-state index contributed by atoms with van der Waals surface area (Å²) < 4.78 is 0. The highest BCUT2D eigenvalue weighted by molar-refractivity contribution is 7.80. The molecule has 0 nitrogen and oxygen atoms in total. The Balaban J connectivity index is 1.62. The van der Waals surface area contributed by atoms with Gasteiger partial charge < -0.3 is 0 Å². The Kier molecular flexibility index (Phi) is 8.53. The van der Waals surface area contributed by atoms with Gasteiger partial charge in [-0.25, -0.2) is 0 Å². The Morgan fingerprint density at radius 2 is 1.02 bits per heavy atom. The van der Waals surface area contributed by atoms with Crippen LogP contribution in [0.1, 0.15) is 71.2 Å². The molecule has 3 heteroatoms. The minimum atomic E-state index is -0.792. The maximum atomic E-state index is 2.63. The second kappa shape index (κ2) is 12.3. The van der Waals surface area contributed by atoms with Crippen LogP contribution in [-0.4, -0.2) is 0 Å². The number of benzene rings is 4. The van der Waals surface area contributed by atoms with Crippen molar-refractivity contribution < 1.29 is 0 Å². The molecule has 5 aromatic rings. The topological polar surface area (TPSA) is 0 Å². The van der Waals surface area contributed by atoms with Crippen molar-refractivity contribution in [1.29, 1.82) is 0 Å². The third-order valence-corrected chi connectivity index (χ3v) is 18.8. The zero-order chi connectivity index (χ0) is 33.2. The molecule has 0 amide bonds. The lowest BCUT2D eigenvalue weighted by molar-refractivity contribution is 0.189. The van der Waals surface area contributed by atoms with Gasteiger partial charge in [0, 0.05) is 20.6 Å². The monoisotopic (exact) mass is 670 g/mol. The first-order chi connectivity index (χ1) is 22.5. The summed E-state index contributed by atoms with van der Waals surface area (Å²) in [5.41, 5.74) is 9.23. The standard InChI is InChI=1S/C44H48P2S/c1-28-18-16-19-29(2)39(28)46(40-30(3)20-17-21-31(40)4)41-33(6)47-32(5)37(41)38-42(36-26-27-44(38,9)43(36,7)8)45(34-22-12-10-13-23-34)35-24-14-11-15-25-35/h10-25,36H,26-27H2,1-9H3. The fourth-order valence-corrected chi connectivity index (χ4v) is 16.8. The van der Waals surface area contributed by atoms with Gasteiger partial charge in [-0.3, -0.25) is 0 Å². The quantitative estimate of drug-likeness (QED) is 0.151. The average Bonchev–Trinajstić information content (AvgIpc) is 3.52. The van der Waals surface area contributed by atoms with Crippen molar-refractivity contribution in [3.05, 3.63) is 140 Å². The lowest BCUT2D eigenvalue weighted by atomic mass is 9.66. The molecule has 0 spiro atoms. The zero-order valence-corrected chi connectivity index (χ0v) is 32.1. The van der Waals surface area contributed by atoms with E-state index < -0.39 is 15.8 Å². The van der Waals surface area contributed by atoms with E-state index in [1.807, 2.05) is 11.3 Å². The van der Waals surface area contributed by atoms with Gasteiger partial charge in [0.25, 0.3) is 0 Å². The van der Waals surface area contributed by atoms with E-state index in [0.29, 0.717) is 5.92 Å². The highest BCUT2D eigenvalue weighted by Gasteiger charge is 2.62. The summed E-state index contributed by atoms with van der Waals surface area (Å²) in [6.07, 6.45) is 2.54. The number of allylic oxidation sites excluding steroid dienone is 2. The normalized spacial score (nSPS) is 20.2. The number of aryl methyl sites for hydroxylation is 6. The van der Waals surface area contributed by atoms with Crippen LogP contribution < -0.4 is 26.5 Å². The van der Waals surface area contributed by atoms with Crippen LogP contribution >= 0.6 is 27.2 Å². The van der Waals surface area contributed by atoms with Gasteiger partial charge >= 0.3 is 0 Å². The minimum absolute atomic E-state index is 0.104. The Hall–Kier alpha value is -2.82. The highest BCUT2D eigenvalue weighted by atomic mass is 32.1. The number of hydrogen-bond donors (Lipinski definition) is 0. The third-order valence-electron chi connectivity index (χ3n) is 11.7. The second-order valence-corrected chi connectivity index (χ2v) is 20.3. The molecule has 0 N–H and O–H groups in total.